The first-order valence-corrected chi connectivity index (χ1v) is 6.04. The lowest BCUT2D eigenvalue weighted by Crippen LogP contribution is -2.28. The lowest BCUT2D eigenvalue weighted by Gasteiger charge is -2.07. The summed E-state index contributed by atoms with van der Waals surface area (Å²) in [5.74, 6) is 0.656. The van der Waals surface area contributed by atoms with Crippen molar-refractivity contribution in [2.24, 2.45) is 5.92 Å². The third-order valence-corrected chi connectivity index (χ3v) is 2.29. The molecule has 1 heterocycles. The van der Waals surface area contributed by atoms with Gasteiger partial charge in [-0.1, -0.05) is 13.8 Å². The summed E-state index contributed by atoms with van der Waals surface area (Å²) in [5, 5.41) is 10.0. The molecule has 6 heteroatoms. The van der Waals surface area contributed by atoms with Gasteiger partial charge in [0.05, 0.1) is 6.61 Å². The van der Waals surface area contributed by atoms with Gasteiger partial charge in [-0.05, 0) is 24.5 Å². The van der Waals surface area contributed by atoms with Gasteiger partial charge in [0.25, 0.3) is 5.91 Å². The van der Waals surface area contributed by atoms with Gasteiger partial charge in [-0.15, -0.1) is 10.2 Å². The van der Waals surface area contributed by atoms with Gasteiger partial charge >= 0.3 is 0 Å². The predicted molar refractivity (Wildman–Crippen MR) is 69.1 cm³/mol. The van der Waals surface area contributed by atoms with Crippen LogP contribution in [0, 0.1) is 5.92 Å². The zero-order chi connectivity index (χ0) is 13.4. The first-order chi connectivity index (χ1) is 8.59. The molecule has 1 aromatic heterocycles. The molecule has 6 nitrogen and oxygen atoms in total. The van der Waals surface area contributed by atoms with Crippen molar-refractivity contribution in [1.29, 1.82) is 0 Å². The molecule has 3 N–H and O–H groups in total. The van der Waals surface area contributed by atoms with Crippen molar-refractivity contribution in [2.45, 2.75) is 20.3 Å². The Hall–Kier alpha value is -1.69. The van der Waals surface area contributed by atoms with E-state index in [1.807, 2.05) is 0 Å². The van der Waals surface area contributed by atoms with Gasteiger partial charge in [-0.2, -0.15) is 0 Å². The number of hydrogen-bond acceptors (Lipinski definition) is 5. The summed E-state index contributed by atoms with van der Waals surface area (Å²) in [5.41, 5.74) is 5.64. The Morgan fingerprint density at radius 3 is 2.78 bits per heavy atom. The average molecular weight is 252 g/mol. The maximum atomic E-state index is 11.6. The van der Waals surface area contributed by atoms with E-state index in [-0.39, 0.29) is 11.6 Å². The van der Waals surface area contributed by atoms with Crippen molar-refractivity contribution in [3.8, 4) is 0 Å². The second-order valence-corrected chi connectivity index (χ2v) is 4.39. The molecule has 0 aliphatic rings. The molecule has 100 valence electrons. The molecule has 0 saturated heterocycles. The zero-order valence-electron chi connectivity index (χ0n) is 10.8. The fourth-order valence-electron chi connectivity index (χ4n) is 1.21. The highest BCUT2D eigenvalue weighted by atomic mass is 16.5. The molecule has 0 bridgehead atoms. The maximum Gasteiger partial charge on any atom is 0.271 e. The molecular formula is C12H20N4O2. The number of rotatable bonds is 7. The Labute approximate surface area is 107 Å². The highest BCUT2D eigenvalue weighted by molar-refractivity contribution is 5.92. The van der Waals surface area contributed by atoms with E-state index in [2.05, 4.69) is 29.4 Å². The molecule has 0 radical (unpaired) electrons. The van der Waals surface area contributed by atoms with Gasteiger partial charge in [-0.25, -0.2) is 0 Å². The summed E-state index contributed by atoms with van der Waals surface area (Å²) in [6, 6.07) is 3.08. The molecular weight excluding hydrogens is 232 g/mol. The molecule has 0 fully saturated rings. The number of carbonyl (C=O) groups excluding carboxylic acids is 1. The third kappa shape index (κ3) is 5.58. The second kappa shape index (κ2) is 7.60. The monoisotopic (exact) mass is 252 g/mol. The van der Waals surface area contributed by atoms with E-state index in [1.54, 1.807) is 6.07 Å². The molecule has 0 aliphatic carbocycles. The summed E-state index contributed by atoms with van der Waals surface area (Å²) in [6.45, 7) is 5.97. The largest absolute Gasteiger partial charge is 0.382 e. The third-order valence-electron chi connectivity index (χ3n) is 2.29. The number of nitrogens with zero attached hydrogens (tertiary/aromatic N) is 2. The normalized spacial score (nSPS) is 10.6. The van der Waals surface area contributed by atoms with Crippen LogP contribution in [0.1, 0.15) is 30.8 Å². The summed E-state index contributed by atoms with van der Waals surface area (Å²) in [7, 11) is 0. The van der Waals surface area contributed by atoms with Gasteiger partial charge in [0.15, 0.2) is 5.69 Å². The first kappa shape index (κ1) is 14.4. The summed E-state index contributed by atoms with van der Waals surface area (Å²) < 4.78 is 5.38. The van der Waals surface area contributed by atoms with Crippen molar-refractivity contribution in [3.05, 3.63) is 17.8 Å². The molecule has 0 atom stereocenters. The number of nitrogens with one attached hydrogen (secondary N) is 1. The second-order valence-electron chi connectivity index (χ2n) is 4.39. The number of nitrogen functional groups attached to an aromatic ring is 1. The number of carbonyl (C=O) groups is 1. The van der Waals surface area contributed by atoms with Crippen molar-refractivity contribution in [3.63, 3.8) is 0 Å². The van der Waals surface area contributed by atoms with Crippen LogP contribution in [0.4, 0.5) is 5.82 Å². The summed E-state index contributed by atoms with van der Waals surface area (Å²) >= 11 is 0. The Morgan fingerprint density at radius 1 is 1.39 bits per heavy atom. The lowest BCUT2D eigenvalue weighted by molar-refractivity contribution is 0.0900. The molecule has 0 spiro atoms. The van der Waals surface area contributed by atoms with Crippen molar-refractivity contribution >= 4 is 11.7 Å². The minimum Gasteiger partial charge on any atom is -0.382 e. The molecule has 1 amide bonds. The summed E-state index contributed by atoms with van der Waals surface area (Å²) in [4.78, 5) is 11.6. The van der Waals surface area contributed by atoms with Crippen LogP contribution in [0.3, 0.4) is 0 Å². The Balaban J connectivity index is 2.16. The number of nitrogens with two attached hydrogens (primary N) is 1. The molecule has 1 rings (SSSR count). The summed E-state index contributed by atoms with van der Waals surface area (Å²) in [6.07, 6.45) is 1.03. The van der Waals surface area contributed by atoms with Crippen molar-refractivity contribution in [2.75, 3.05) is 25.5 Å². The molecule has 0 aliphatic heterocycles. The number of hydrogen-bond donors (Lipinski definition) is 2. The van der Waals surface area contributed by atoms with Crippen molar-refractivity contribution < 1.29 is 9.53 Å². The van der Waals surface area contributed by atoms with E-state index in [0.29, 0.717) is 24.9 Å². The van der Waals surface area contributed by atoms with Gasteiger partial charge in [0.1, 0.15) is 5.82 Å². The molecule has 0 saturated carbocycles. The Kier molecular flexibility index (Phi) is 6.07. The van der Waals surface area contributed by atoms with E-state index in [4.69, 9.17) is 10.5 Å². The van der Waals surface area contributed by atoms with E-state index in [0.717, 1.165) is 13.0 Å². The minimum absolute atomic E-state index is 0.256. The van der Waals surface area contributed by atoms with Gasteiger partial charge in [-0.3, -0.25) is 4.79 Å². The zero-order valence-corrected chi connectivity index (χ0v) is 10.8. The van der Waals surface area contributed by atoms with Crippen molar-refractivity contribution in [1.82, 2.24) is 15.5 Å². The van der Waals surface area contributed by atoms with Gasteiger partial charge in [0, 0.05) is 13.2 Å². The topological polar surface area (TPSA) is 90.1 Å². The van der Waals surface area contributed by atoms with Gasteiger partial charge < -0.3 is 15.8 Å². The fourth-order valence-corrected chi connectivity index (χ4v) is 1.21. The lowest BCUT2D eigenvalue weighted by atomic mass is 10.1. The van der Waals surface area contributed by atoms with Crippen LogP contribution in [0.2, 0.25) is 0 Å². The average Bonchev–Trinajstić information content (AvgIpc) is 2.34. The predicted octanol–water partition coefficient (Wildman–Crippen LogP) is 0.851. The quantitative estimate of drug-likeness (QED) is 0.702. The minimum atomic E-state index is -0.269. The van der Waals surface area contributed by atoms with E-state index < -0.39 is 0 Å². The standard InChI is InChI=1S/C12H20N4O2/c1-9(2)5-7-18-8-6-14-12(17)10-3-4-11(13)16-15-10/h3-4,9H,5-8H2,1-2H3,(H2,13,16)(H,14,17). The fraction of sp³-hybridized carbons (Fsp3) is 0.583. The first-order valence-electron chi connectivity index (χ1n) is 6.04. The molecule has 1 aromatic rings. The Morgan fingerprint density at radius 2 is 2.17 bits per heavy atom. The number of aromatic nitrogens is 2. The number of anilines is 1. The smallest absolute Gasteiger partial charge is 0.271 e. The van der Waals surface area contributed by atoms with E-state index in [9.17, 15) is 4.79 Å². The molecule has 0 unspecified atom stereocenters. The van der Waals surface area contributed by atoms with Crippen LogP contribution in [-0.2, 0) is 4.74 Å². The van der Waals surface area contributed by atoms with Crippen LogP contribution in [0.25, 0.3) is 0 Å². The van der Waals surface area contributed by atoms with Crippen LogP contribution < -0.4 is 11.1 Å². The molecule has 0 aromatic carbocycles. The van der Waals surface area contributed by atoms with Crippen LogP contribution in [0.5, 0.6) is 0 Å². The van der Waals surface area contributed by atoms with E-state index >= 15 is 0 Å². The van der Waals surface area contributed by atoms with E-state index in [1.165, 1.54) is 6.07 Å². The number of amides is 1. The van der Waals surface area contributed by atoms with Gasteiger partial charge in [0.2, 0.25) is 0 Å². The van der Waals surface area contributed by atoms with Crippen LogP contribution in [0.15, 0.2) is 12.1 Å². The van der Waals surface area contributed by atoms with Crippen LogP contribution >= 0.6 is 0 Å². The highest BCUT2D eigenvalue weighted by Crippen LogP contribution is 1.98. The Bertz CT molecular complexity index is 365. The maximum absolute atomic E-state index is 11.6. The molecule has 18 heavy (non-hydrogen) atoms. The highest BCUT2D eigenvalue weighted by Gasteiger charge is 2.06. The van der Waals surface area contributed by atoms with Crippen LogP contribution in [-0.4, -0.2) is 35.9 Å². The SMILES string of the molecule is CC(C)CCOCCNC(=O)c1ccc(N)nn1. The number of ether oxygens (including phenoxy) is 1.